The summed E-state index contributed by atoms with van der Waals surface area (Å²) >= 11 is 9.31. The second-order valence-electron chi connectivity index (χ2n) is 5.16. The number of nitrogens with one attached hydrogen (secondary N) is 2. The lowest BCUT2D eigenvalue weighted by molar-refractivity contribution is -0.123. The Bertz CT molecular complexity index is 599. The standard InChI is InChI=1S/C15H17BrClN3O2/c1-9(2)7-13(15(22)19-6-5-18)20-14(21)11-4-3-10(16)8-12(11)17/h3-4,8-9,13H,6-7H2,1-2H3,(H,19,22)(H,20,21)/t13-/m0/s1. The molecule has 0 aliphatic carbocycles. The molecule has 0 heterocycles. The third-order valence-electron chi connectivity index (χ3n) is 2.85. The van der Waals surface area contributed by atoms with Crippen LogP contribution in [0.15, 0.2) is 22.7 Å². The lowest BCUT2D eigenvalue weighted by atomic mass is 10.0. The number of benzene rings is 1. The van der Waals surface area contributed by atoms with Crippen molar-refractivity contribution in [2.24, 2.45) is 5.92 Å². The average molecular weight is 387 g/mol. The Morgan fingerprint density at radius 3 is 2.64 bits per heavy atom. The van der Waals surface area contributed by atoms with Gasteiger partial charge in [-0.2, -0.15) is 5.26 Å². The molecule has 0 radical (unpaired) electrons. The predicted octanol–water partition coefficient (Wildman–Crippen LogP) is 2.89. The summed E-state index contributed by atoms with van der Waals surface area (Å²) in [5.74, 6) is -0.592. The number of carbonyl (C=O) groups is 2. The van der Waals surface area contributed by atoms with Crippen LogP contribution in [-0.2, 0) is 4.79 Å². The van der Waals surface area contributed by atoms with E-state index in [1.54, 1.807) is 18.2 Å². The molecule has 2 N–H and O–H groups in total. The van der Waals surface area contributed by atoms with Gasteiger partial charge in [0.1, 0.15) is 12.6 Å². The normalized spacial score (nSPS) is 11.6. The van der Waals surface area contributed by atoms with E-state index >= 15 is 0 Å². The Balaban J connectivity index is 2.86. The van der Waals surface area contributed by atoms with Crippen LogP contribution in [0, 0.1) is 17.2 Å². The number of rotatable bonds is 6. The van der Waals surface area contributed by atoms with Gasteiger partial charge in [0.2, 0.25) is 5.91 Å². The van der Waals surface area contributed by atoms with Gasteiger partial charge in [-0.05, 0) is 30.5 Å². The number of nitrogens with zero attached hydrogens (tertiary/aromatic N) is 1. The summed E-state index contributed by atoms with van der Waals surface area (Å²) in [6.07, 6.45) is 0.469. The fraction of sp³-hybridized carbons (Fsp3) is 0.400. The summed E-state index contributed by atoms with van der Waals surface area (Å²) < 4.78 is 0.763. The third kappa shape index (κ3) is 5.66. The average Bonchev–Trinajstić information content (AvgIpc) is 2.43. The van der Waals surface area contributed by atoms with E-state index < -0.39 is 11.9 Å². The van der Waals surface area contributed by atoms with Crippen molar-refractivity contribution in [3.63, 3.8) is 0 Å². The molecule has 1 aromatic rings. The molecule has 5 nitrogen and oxygen atoms in total. The molecule has 22 heavy (non-hydrogen) atoms. The van der Waals surface area contributed by atoms with Gasteiger partial charge in [-0.1, -0.05) is 41.4 Å². The van der Waals surface area contributed by atoms with E-state index in [0.29, 0.717) is 17.0 Å². The molecular formula is C15H17BrClN3O2. The molecule has 1 atom stereocenters. The highest BCUT2D eigenvalue weighted by molar-refractivity contribution is 9.10. The summed E-state index contributed by atoms with van der Waals surface area (Å²) in [6.45, 7) is 3.80. The number of hydrogen-bond donors (Lipinski definition) is 2. The van der Waals surface area contributed by atoms with Crippen LogP contribution in [0.2, 0.25) is 5.02 Å². The van der Waals surface area contributed by atoms with E-state index in [9.17, 15) is 9.59 Å². The van der Waals surface area contributed by atoms with Crippen LogP contribution in [0.25, 0.3) is 0 Å². The van der Waals surface area contributed by atoms with Crippen LogP contribution in [0.5, 0.6) is 0 Å². The first kappa shape index (κ1) is 18.5. The molecule has 0 fully saturated rings. The molecule has 0 aromatic heterocycles. The van der Waals surface area contributed by atoms with E-state index in [-0.39, 0.29) is 18.4 Å². The van der Waals surface area contributed by atoms with Crippen LogP contribution in [0.1, 0.15) is 30.6 Å². The highest BCUT2D eigenvalue weighted by atomic mass is 79.9. The zero-order valence-electron chi connectivity index (χ0n) is 12.3. The van der Waals surface area contributed by atoms with E-state index in [1.165, 1.54) is 0 Å². The molecule has 0 unspecified atom stereocenters. The first-order valence-electron chi connectivity index (χ1n) is 6.75. The second-order valence-corrected chi connectivity index (χ2v) is 6.48. The lowest BCUT2D eigenvalue weighted by Crippen LogP contribution is -2.47. The van der Waals surface area contributed by atoms with Crippen LogP contribution in [-0.4, -0.2) is 24.4 Å². The number of nitriles is 1. The van der Waals surface area contributed by atoms with E-state index in [0.717, 1.165) is 4.47 Å². The first-order chi connectivity index (χ1) is 10.3. The minimum atomic E-state index is -0.708. The largest absolute Gasteiger partial charge is 0.341 e. The Kier molecular flexibility index (Phi) is 7.36. The fourth-order valence-corrected chi connectivity index (χ4v) is 2.62. The topological polar surface area (TPSA) is 82.0 Å². The van der Waals surface area contributed by atoms with Crippen molar-refractivity contribution in [1.29, 1.82) is 5.26 Å². The lowest BCUT2D eigenvalue weighted by Gasteiger charge is -2.20. The van der Waals surface area contributed by atoms with Gasteiger partial charge in [-0.3, -0.25) is 9.59 Å². The summed E-state index contributed by atoms with van der Waals surface area (Å²) in [4.78, 5) is 24.3. The van der Waals surface area contributed by atoms with Gasteiger partial charge >= 0.3 is 0 Å². The molecule has 1 aromatic carbocycles. The minimum absolute atomic E-state index is 0.0949. The molecule has 118 valence electrons. The van der Waals surface area contributed by atoms with Crippen molar-refractivity contribution < 1.29 is 9.59 Å². The van der Waals surface area contributed by atoms with E-state index in [2.05, 4.69) is 26.6 Å². The number of hydrogen-bond acceptors (Lipinski definition) is 3. The monoisotopic (exact) mass is 385 g/mol. The molecule has 0 bridgehead atoms. The van der Waals surface area contributed by atoms with Crippen LogP contribution in [0.4, 0.5) is 0 Å². The Labute approximate surface area is 143 Å². The Morgan fingerprint density at radius 1 is 1.41 bits per heavy atom. The summed E-state index contributed by atoms with van der Waals surface area (Å²) in [5, 5.41) is 14.0. The molecule has 7 heteroatoms. The smallest absolute Gasteiger partial charge is 0.253 e. The van der Waals surface area contributed by atoms with Crippen molar-refractivity contribution >= 4 is 39.3 Å². The number of carbonyl (C=O) groups excluding carboxylic acids is 2. The fourth-order valence-electron chi connectivity index (χ4n) is 1.86. The maximum absolute atomic E-state index is 12.3. The van der Waals surface area contributed by atoms with Crippen LogP contribution in [0.3, 0.4) is 0 Å². The predicted molar refractivity (Wildman–Crippen MR) is 88.5 cm³/mol. The van der Waals surface area contributed by atoms with Gasteiger partial charge in [-0.15, -0.1) is 0 Å². The molecule has 0 aliphatic rings. The maximum Gasteiger partial charge on any atom is 0.253 e. The van der Waals surface area contributed by atoms with Crippen molar-refractivity contribution in [1.82, 2.24) is 10.6 Å². The second kappa shape index (κ2) is 8.76. The zero-order valence-corrected chi connectivity index (χ0v) is 14.7. The first-order valence-corrected chi connectivity index (χ1v) is 7.92. The molecule has 1 rings (SSSR count). The van der Waals surface area contributed by atoms with Gasteiger partial charge in [-0.25, -0.2) is 0 Å². The SMILES string of the molecule is CC(C)C[C@H](NC(=O)c1ccc(Br)cc1Cl)C(=O)NCC#N. The molecule has 0 aliphatic heterocycles. The van der Waals surface area contributed by atoms with Crippen LogP contribution >= 0.6 is 27.5 Å². The van der Waals surface area contributed by atoms with Crippen molar-refractivity contribution in [2.75, 3.05) is 6.54 Å². The van der Waals surface area contributed by atoms with Crippen molar-refractivity contribution in [3.05, 3.63) is 33.3 Å². The van der Waals surface area contributed by atoms with Gasteiger partial charge in [0.15, 0.2) is 0 Å². The van der Waals surface area contributed by atoms with E-state index in [4.69, 9.17) is 16.9 Å². The minimum Gasteiger partial charge on any atom is -0.341 e. The van der Waals surface area contributed by atoms with Gasteiger partial charge in [0.05, 0.1) is 16.7 Å². The van der Waals surface area contributed by atoms with Gasteiger partial charge in [0, 0.05) is 4.47 Å². The number of halogens is 2. The maximum atomic E-state index is 12.3. The molecule has 2 amide bonds. The molecule has 0 spiro atoms. The third-order valence-corrected chi connectivity index (χ3v) is 3.65. The Hall–Kier alpha value is -1.58. The van der Waals surface area contributed by atoms with E-state index in [1.807, 2.05) is 19.9 Å². The summed E-state index contributed by atoms with van der Waals surface area (Å²) in [6, 6.07) is 6.03. The van der Waals surface area contributed by atoms with Crippen LogP contribution < -0.4 is 10.6 Å². The molecule has 0 saturated carbocycles. The number of amides is 2. The molecule has 0 saturated heterocycles. The highest BCUT2D eigenvalue weighted by Crippen LogP contribution is 2.21. The van der Waals surface area contributed by atoms with Crippen molar-refractivity contribution in [2.45, 2.75) is 26.3 Å². The van der Waals surface area contributed by atoms with Gasteiger partial charge < -0.3 is 10.6 Å². The Morgan fingerprint density at radius 2 is 2.09 bits per heavy atom. The zero-order chi connectivity index (χ0) is 16.7. The summed E-state index contributed by atoms with van der Waals surface area (Å²) in [5.41, 5.74) is 0.298. The van der Waals surface area contributed by atoms with Gasteiger partial charge in [0.25, 0.3) is 5.91 Å². The molecular weight excluding hydrogens is 370 g/mol. The van der Waals surface area contributed by atoms with Crippen molar-refractivity contribution in [3.8, 4) is 6.07 Å². The summed E-state index contributed by atoms with van der Waals surface area (Å²) in [7, 11) is 0. The quantitative estimate of drug-likeness (QED) is 0.738. The highest BCUT2D eigenvalue weighted by Gasteiger charge is 2.23.